The molecule has 1 aliphatic carbocycles. The fraction of sp³-hybridized carbons (Fsp3) is 0.357. The standard InChI is InChI=1S/C28H31IN4O4/c1-27(2,3)37-26(36)32-28(12-8-5-9-13-28)25(35)30-18-14-19-22-20(16-29-33-24(19)34)23(31-21(22)15-18)17-10-6-4-7-11-17/h4,6-7,10-11,14-16,31H,5,8-9,12-13H2,1-3H3,(H,30,35)(H,32,36)(H,33,34). The quantitative estimate of drug-likeness (QED) is 0.221. The minimum absolute atomic E-state index is 0.151. The van der Waals surface area contributed by atoms with E-state index in [1.165, 1.54) is 0 Å². The summed E-state index contributed by atoms with van der Waals surface area (Å²) < 4.78 is 10.6. The van der Waals surface area contributed by atoms with E-state index in [-0.39, 0.29) is 11.8 Å². The molecule has 1 aromatic heterocycles. The van der Waals surface area contributed by atoms with Crippen LogP contribution in [0.3, 0.4) is 0 Å². The highest BCUT2D eigenvalue weighted by molar-refractivity contribution is 14.2. The van der Waals surface area contributed by atoms with Crippen molar-refractivity contribution in [1.82, 2.24) is 13.8 Å². The lowest BCUT2D eigenvalue weighted by atomic mass is 9.81. The van der Waals surface area contributed by atoms with Crippen LogP contribution in [0.25, 0.3) is 22.2 Å². The fourth-order valence-corrected chi connectivity index (χ4v) is 6.71. The lowest BCUT2D eigenvalue weighted by Gasteiger charge is -2.37. The number of aromatic amines is 1. The molecule has 1 saturated carbocycles. The second-order valence-corrected chi connectivity index (χ2v) is 12.4. The Hall–Kier alpha value is -3.21. The van der Waals surface area contributed by atoms with Crippen molar-refractivity contribution < 1.29 is 19.1 Å². The summed E-state index contributed by atoms with van der Waals surface area (Å²) in [5.41, 5.74) is 3.05. The number of aromatic nitrogens is 1. The van der Waals surface area contributed by atoms with Crippen LogP contribution in [0.15, 0.2) is 42.5 Å². The van der Waals surface area contributed by atoms with Gasteiger partial charge in [-0.05, 0) is 76.3 Å². The van der Waals surface area contributed by atoms with Gasteiger partial charge in [0.05, 0.1) is 11.3 Å². The van der Waals surface area contributed by atoms with E-state index in [1.807, 2.05) is 36.4 Å². The molecule has 1 fully saturated rings. The summed E-state index contributed by atoms with van der Waals surface area (Å²) in [4.78, 5) is 42.8. The van der Waals surface area contributed by atoms with Gasteiger partial charge in [-0.2, -0.15) is 0 Å². The summed E-state index contributed by atoms with van der Waals surface area (Å²) in [6, 6.07) is 13.6. The summed E-state index contributed by atoms with van der Waals surface area (Å²) >= 11 is -0.674. The summed E-state index contributed by atoms with van der Waals surface area (Å²) in [6.45, 7) is 5.38. The number of amides is 3. The first kappa shape index (κ1) is 25.4. The third kappa shape index (κ3) is 5.27. The molecule has 4 N–H and O–H groups in total. The highest BCUT2D eigenvalue weighted by atomic mass is 127. The van der Waals surface area contributed by atoms with E-state index in [1.54, 1.807) is 26.8 Å². The molecule has 2 aromatic carbocycles. The van der Waals surface area contributed by atoms with E-state index in [0.717, 1.165) is 47.0 Å². The second kappa shape index (κ2) is 9.92. The van der Waals surface area contributed by atoms with Crippen LogP contribution < -0.4 is 14.2 Å². The zero-order valence-electron chi connectivity index (χ0n) is 21.2. The molecule has 2 heterocycles. The number of ether oxygens (including phenoxy) is 1. The van der Waals surface area contributed by atoms with Gasteiger partial charge in [0.2, 0.25) is 5.91 Å². The van der Waals surface area contributed by atoms with Gasteiger partial charge in [0.15, 0.2) is 0 Å². The van der Waals surface area contributed by atoms with Gasteiger partial charge in [-0.1, -0.05) is 49.6 Å². The van der Waals surface area contributed by atoms with Crippen LogP contribution in [0.5, 0.6) is 0 Å². The number of hydrogen-bond donors (Lipinski definition) is 4. The van der Waals surface area contributed by atoms with Crippen molar-refractivity contribution in [2.45, 2.75) is 64.0 Å². The smallest absolute Gasteiger partial charge is 0.408 e. The summed E-state index contributed by atoms with van der Waals surface area (Å²) in [6.07, 6.45) is 3.11. The maximum Gasteiger partial charge on any atom is 0.408 e. The first-order valence-corrected chi connectivity index (χ1v) is 14.8. The van der Waals surface area contributed by atoms with Gasteiger partial charge in [-0.15, -0.1) is 0 Å². The van der Waals surface area contributed by atoms with Crippen LogP contribution in [0.2, 0.25) is 0 Å². The van der Waals surface area contributed by atoms with E-state index in [9.17, 15) is 14.4 Å². The van der Waals surface area contributed by atoms with Crippen molar-refractivity contribution in [2.24, 2.45) is 0 Å². The Morgan fingerprint density at radius 1 is 1.05 bits per heavy atom. The maximum absolute atomic E-state index is 13.7. The van der Waals surface area contributed by atoms with Crippen LogP contribution in [0.4, 0.5) is 10.5 Å². The summed E-state index contributed by atoms with van der Waals surface area (Å²) in [7, 11) is 0. The predicted octanol–water partition coefficient (Wildman–Crippen LogP) is 5.78. The molecule has 0 spiro atoms. The average molecular weight is 614 g/mol. The van der Waals surface area contributed by atoms with Crippen LogP contribution in [-0.4, -0.2) is 38.0 Å². The van der Waals surface area contributed by atoms with Crippen LogP contribution in [-0.2, 0) is 9.53 Å². The van der Waals surface area contributed by atoms with Crippen LogP contribution in [0, 0.1) is 0 Å². The van der Waals surface area contributed by atoms with Crippen molar-refractivity contribution in [1.29, 1.82) is 0 Å². The minimum Gasteiger partial charge on any atom is -0.444 e. The molecule has 5 rings (SSSR count). The Morgan fingerprint density at radius 3 is 2.49 bits per heavy atom. The molecule has 3 aromatic rings. The Balaban J connectivity index is 1.51. The second-order valence-electron chi connectivity index (χ2n) is 10.6. The average Bonchev–Trinajstić information content (AvgIpc) is 3.12. The fourth-order valence-electron chi connectivity index (χ4n) is 5.05. The summed E-state index contributed by atoms with van der Waals surface area (Å²) in [5, 5.41) is 6.74. The Kier molecular flexibility index (Phi) is 6.82. The third-order valence-electron chi connectivity index (χ3n) is 6.69. The van der Waals surface area contributed by atoms with Gasteiger partial charge in [0.25, 0.3) is 5.91 Å². The van der Waals surface area contributed by atoms with Gasteiger partial charge in [0.1, 0.15) is 11.1 Å². The number of hydrogen-bond acceptors (Lipinski definition) is 4. The highest BCUT2D eigenvalue weighted by Gasteiger charge is 2.42. The molecule has 3 amide bonds. The van der Waals surface area contributed by atoms with Gasteiger partial charge < -0.3 is 20.4 Å². The minimum atomic E-state index is -1.07. The normalized spacial score (nSPS) is 16.8. The number of carbonyl (C=O) groups excluding carboxylic acids is 3. The van der Waals surface area contributed by atoms with Gasteiger partial charge in [-0.3, -0.25) is 13.1 Å². The summed E-state index contributed by atoms with van der Waals surface area (Å²) in [5.74, 6) is -0.450. The van der Waals surface area contributed by atoms with E-state index in [4.69, 9.17) is 4.74 Å². The van der Waals surface area contributed by atoms with E-state index >= 15 is 0 Å². The molecule has 9 heteroatoms. The number of carbonyl (C=O) groups is 3. The number of rotatable bonds is 4. The lowest BCUT2D eigenvalue weighted by Crippen LogP contribution is -2.58. The van der Waals surface area contributed by atoms with Crippen molar-refractivity contribution in [2.75, 3.05) is 5.32 Å². The first-order chi connectivity index (χ1) is 17.7. The molecule has 0 saturated heterocycles. The van der Waals surface area contributed by atoms with Crippen molar-refractivity contribution >= 4 is 59.5 Å². The largest absolute Gasteiger partial charge is 0.444 e. The van der Waals surface area contributed by atoms with E-state index < -0.39 is 38.2 Å². The lowest BCUT2D eigenvalue weighted by molar-refractivity contribution is -0.123. The third-order valence-corrected chi connectivity index (χ3v) is 8.42. The van der Waals surface area contributed by atoms with Crippen LogP contribution >= 0.6 is 21.0 Å². The molecule has 0 unspecified atom stereocenters. The molecule has 2 aliphatic rings. The van der Waals surface area contributed by atoms with Crippen molar-refractivity contribution in [3.63, 3.8) is 0 Å². The molecule has 0 radical (unpaired) electrons. The highest BCUT2D eigenvalue weighted by Crippen LogP contribution is 2.36. The van der Waals surface area contributed by atoms with Crippen molar-refractivity contribution in [3.8, 4) is 11.3 Å². The van der Waals surface area contributed by atoms with Crippen LogP contribution in [0.1, 0.15) is 68.8 Å². The Labute approximate surface area is 226 Å². The number of alkyl carbamates (subject to hydrolysis) is 1. The monoisotopic (exact) mass is 614 g/mol. The topological polar surface area (TPSA) is 112 Å². The number of anilines is 1. The van der Waals surface area contributed by atoms with Crippen molar-refractivity contribution in [3.05, 3.63) is 53.6 Å². The molecule has 37 heavy (non-hydrogen) atoms. The number of nitrogens with one attached hydrogen (secondary N) is 4. The molecule has 194 valence electrons. The van der Waals surface area contributed by atoms with E-state index in [2.05, 4.69) is 23.2 Å². The number of halogens is 1. The number of H-pyrrole nitrogens is 1. The van der Waals surface area contributed by atoms with Gasteiger partial charge in [-0.25, -0.2) is 4.79 Å². The molecule has 1 aliphatic heterocycles. The Bertz CT molecular complexity index is 1400. The van der Waals surface area contributed by atoms with E-state index in [0.29, 0.717) is 24.1 Å². The first-order valence-electron chi connectivity index (χ1n) is 12.5. The molecular formula is C28H31IN4O4. The zero-order valence-corrected chi connectivity index (χ0v) is 23.3. The zero-order chi connectivity index (χ0) is 26.2. The SMILES string of the molecule is CC(C)(C)OC(=O)NC1(C(=O)Nc2cc3c4c(c(-c5ccccc5)[nH]c4c2)C=INC3=O)CCCCC1. The van der Waals surface area contributed by atoms with Gasteiger partial charge >= 0.3 is 6.09 Å². The maximum atomic E-state index is 13.7. The molecular weight excluding hydrogens is 583 g/mol. The number of benzene rings is 2. The molecule has 8 nitrogen and oxygen atoms in total. The molecule has 0 bridgehead atoms. The Morgan fingerprint density at radius 2 is 1.78 bits per heavy atom. The molecule has 0 atom stereocenters. The van der Waals surface area contributed by atoms with Gasteiger partial charge in [0, 0.05) is 22.2 Å². The predicted molar refractivity (Wildman–Crippen MR) is 154 cm³/mol.